The molecule has 2 rings (SSSR count). The molecule has 0 saturated heterocycles. The van der Waals surface area contributed by atoms with Crippen molar-refractivity contribution in [2.75, 3.05) is 13.2 Å². The van der Waals surface area contributed by atoms with Crippen molar-refractivity contribution in [3.8, 4) is 11.5 Å². The van der Waals surface area contributed by atoms with E-state index in [0.29, 0.717) is 0 Å². The fourth-order valence-electron chi connectivity index (χ4n) is 1.45. The fraction of sp³-hybridized carbons (Fsp3) is 0.250. The van der Waals surface area contributed by atoms with Crippen molar-refractivity contribution in [3.63, 3.8) is 0 Å². The lowest BCUT2D eigenvalue weighted by Crippen LogP contribution is -1.99. The van der Waals surface area contributed by atoms with E-state index in [0.717, 1.165) is 13.2 Å². The summed E-state index contributed by atoms with van der Waals surface area (Å²) in [6.07, 6.45) is 0. The lowest BCUT2D eigenvalue weighted by atomic mass is 10.3. The third-order valence-corrected chi connectivity index (χ3v) is 3.22. The van der Waals surface area contributed by atoms with Crippen LogP contribution >= 0.6 is 7.82 Å². The van der Waals surface area contributed by atoms with E-state index in [1.807, 2.05) is 13.8 Å². The standard InChI is InChI=1S/C12H11O4P.C4H10O/c13-17(14,15-11-7-3-1-4-8-11)16-12-9-5-2-6-10-12;1-3-5-4-2/h1-10H,(H,13,14);3-4H2,1-2H3. The smallest absolute Gasteiger partial charge is 0.395 e. The van der Waals surface area contributed by atoms with Crippen molar-refractivity contribution in [3.05, 3.63) is 60.7 Å². The van der Waals surface area contributed by atoms with Gasteiger partial charge in [0.1, 0.15) is 11.5 Å². The highest BCUT2D eigenvalue weighted by Gasteiger charge is 2.24. The zero-order chi connectivity index (χ0) is 16.3. The largest absolute Gasteiger partial charge is 0.584 e. The Morgan fingerprint density at radius 2 is 1.18 bits per heavy atom. The van der Waals surface area contributed by atoms with Crippen LogP contribution in [0.1, 0.15) is 13.8 Å². The van der Waals surface area contributed by atoms with Crippen LogP contribution in [0.3, 0.4) is 0 Å². The maximum Gasteiger partial charge on any atom is 0.584 e. The molecule has 0 atom stereocenters. The minimum Gasteiger partial charge on any atom is -0.395 e. The second-order valence-corrected chi connectivity index (χ2v) is 5.36. The number of hydrogen-bond donors (Lipinski definition) is 1. The van der Waals surface area contributed by atoms with Gasteiger partial charge >= 0.3 is 7.82 Å². The Morgan fingerprint density at radius 1 is 0.818 bits per heavy atom. The molecule has 0 aromatic heterocycles. The van der Waals surface area contributed by atoms with Crippen molar-refractivity contribution in [2.24, 2.45) is 0 Å². The van der Waals surface area contributed by atoms with Crippen LogP contribution in [0.25, 0.3) is 0 Å². The molecule has 0 unspecified atom stereocenters. The van der Waals surface area contributed by atoms with E-state index in [1.165, 1.54) is 0 Å². The fourth-order valence-corrected chi connectivity index (χ4v) is 2.27. The van der Waals surface area contributed by atoms with Crippen LogP contribution in [0.5, 0.6) is 11.5 Å². The van der Waals surface area contributed by atoms with E-state index in [9.17, 15) is 9.46 Å². The van der Waals surface area contributed by atoms with Crippen molar-refractivity contribution in [1.29, 1.82) is 0 Å². The number of rotatable bonds is 6. The molecule has 0 aliphatic carbocycles. The molecule has 0 heterocycles. The summed E-state index contributed by atoms with van der Waals surface area (Å²) in [7, 11) is -4.14. The number of para-hydroxylation sites is 2. The molecular weight excluding hydrogens is 303 g/mol. The van der Waals surface area contributed by atoms with E-state index in [1.54, 1.807) is 60.7 Å². The second-order valence-electron chi connectivity index (χ2n) is 4.06. The molecule has 0 amide bonds. The summed E-state index contributed by atoms with van der Waals surface area (Å²) in [6, 6.07) is 16.7. The number of phosphoric acid groups is 1. The SMILES string of the molecule is CCOCC.O=P(O)(Oc1ccccc1)Oc1ccccc1. The Bertz CT molecular complexity index is 512. The van der Waals surface area contributed by atoms with E-state index in [-0.39, 0.29) is 11.5 Å². The Morgan fingerprint density at radius 3 is 1.45 bits per heavy atom. The summed E-state index contributed by atoms with van der Waals surface area (Å²) in [5.74, 6) is 0.573. The molecule has 0 bridgehead atoms. The maximum absolute atomic E-state index is 11.7. The second kappa shape index (κ2) is 10.0. The third-order valence-electron chi connectivity index (χ3n) is 2.34. The molecule has 0 radical (unpaired) electrons. The first kappa shape index (κ1) is 18.2. The quantitative estimate of drug-likeness (QED) is 0.803. The number of ether oxygens (including phenoxy) is 1. The normalized spacial score (nSPS) is 10.3. The zero-order valence-electron chi connectivity index (χ0n) is 12.7. The first-order valence-corrected chi connectivity index (χ1v) is 8.46. The minimum atomic E-state index is -4.14. The zero-order valence-corrected chi connectivity index (χ0v) is 13.6. The minimum absolute atomic E-state index is 0.286. The molecule has 0 aliphatic rings. The number of phosphoric ester groups is 1. The molecule has 120 valence electrons. The van der Waals surface area contributed by atoms with Crippen LogP contribution in [0.4, 0.5) is 0 Å². The van der Waals surface area contributed by atoms with Crippen LogP contribution in [0.2, 0.25) is 0 Å². The predicted octanol–water partition coefficient (Wildman–Crippen LogP) is 4.29. The van der Waals surface area contributed by atoms with E-state index < -0.39 is 7.82 Å². The van der Waals surface area contributed by atoms with Gasteiger partial charge in [0, 0.05) is 13.2 Å². The summed E-state index contributed by atoms with van der Waals surface area (Å²) >= 11 is 0. The highest BCUT2D eigenvalue weighted by Crippen LogP contribution is 2.43. The molecule has 2 aromatic carbocycles. The lowest BCUT2D eigenvalue weighted by Gasteiger charge is -2.13. The third kappa shape index (κ3) is 7.84. The maximum atomic E-state index is 11.7. The van der Waals surface area contributed by atoms with Crippen LogP contribution in [-0.4, -0.2) is 18.1 Å². The van der Waals surface area contributed by atoms with Crippen LogP contribution in [0, 0.1) is 0 Å². The molecule has 0 aliphatic heterocycles. The molecule has 6 heteroatoms. The summed E-state index contributed by atoms with van der Waals surface area (Å²) < 4.78 is 26.3. The van der Waals surface area contributed by atoms with Crippen molar-refractivity contribution in [2.45, 2.75) is 13.8 Å². The summed E-state index contributed by atoms with van der Waals surface area (Å²) in [6.45, 7) is 5.67. The van der Waals surface area contributed by atoms with Gasteiger partial charge in [-0.25, -0.2) is 4.57 Å². The lowest BCUT2D eigenvalue weighted by molar-refractivity contribution is 0.162. The monoisotopic (exact) mass is 324 g/mol. The summed E-state index contributed by atoms with van der Waals surface area (Å²) in [4.78, 5) is 9.53. The van der Waals surface area contributed by atoms with E-state index >= 15 is 0 Å². The van der Waals surface area contributed by atoms with Gasteiger partial charge in [0.25, 0.3) is 0 Å². The van der Waals surface area contributed by atoms with Gasteiger partial charge in [0.2, 0.25) is 0 Å². The van der Waals surface area contributed by atoms with Gasteiger partial charge < -0.3 is 13.8 Å². The first-order chi connectivity index (χ1) is 10.6. The van der Waals surface area contributed by atoms with Gasteiger partial charge in [-0.15, -0.1) is 0 Å². The Hall–Kier alpha value is -1.81. The Labute approximate surface area is 131 Å². The average Bonchev–Trinajstić information content (AvgIpc) is 2.50. The van der Waals surface area contributed by atoms with Gasteiger partial charge in [0.05, 0.1) is 0 Å². The predicted molar refractivity (Wildman–Crippen MR) is 86.1 cm³/mol. The Balaban J connectivity index is 0.000000422. The van der Waals surface area contributed by atoms with Crippen molar-refractivity contribution in [1.82, 2.24) is 0 Å². The molecule has 1 N–H and O–H groups in total. The Kier molecular flexibility index (Phi) is 8.30. The van der Waals surface area contributed by atoms with Gasteiger partial charge in [-0.05, 0) is 38.1 Å². The van der Waals surface area contributed by atoms with Gasteiger partial charge in [0.15, 0.2) is 0 Å². The molecule has 0 spiro atoms. The number of benzene rings is 2. The van der Waals surface area contributed by atoms with E-state index in [4.69, 9.17) is 13.8 Å². The molecule has 2 aromatic rings. The average molecular weight is 324 g/mol. The first-order valence-electron chi connectivity index (χ1n) is 6.97. The molecule has 0 saturated carbocycles. The summed E-state index contributed by atoms with van der Waals surface area (Å²) in [5.41, 5.74) is 0. The van der Waals surface area contributed by atoms with Gasteiger partial charge in [-0.1, -0.05) is 36.4 Å². The van der Waals surface area contributed by atoms with E-state index in [2.05, 4.69) is 0 Å². The van der Waals surface area contributed by atoms with Crippen LogP contribution in [-0.2, 0) is 9.30 Å². The topological polar surface area (TPSA) is 65.0 Å². The van der Waals surface area contributed by atoms with Crippen molar-refractivity contribution < 1.29 is 23.2 Å². The summed E-state index contributed by atoms with van der Waals surface area (Å²) in [5, 5.41) is 0. The molecular formula is C16H21O5P. The van der Waals surface area contributed by atoms with Crippen molar-refractivity contribution >= 4 is 7.82 Å². The molecule has 0 fully saturated rings. The number of hydrogen-bond acceptors (Lipinski definition) is 4. The van der Waals surface area contributed by atoms with Crippen LogP contribution in [0.15, 0.2) is 60.7 Å². The highest BCUT2D eigenvalue weighted by molar-refractivity contribution is 7.48. The molecule has 22 heavy (non-hydrogen) atoms. The van der Waals surface area contributed by atoms with Gasteiger partial charge in [-0.3, -0.25) is 4.89 Å². The van der Waals surface area contributed by atoms with Gasteiger partial charge in [-0.2, -0.15) is 0 Å². The highest BCUT2D eigenvalue weighted by atomic mass is 31.2. The van der Waals surface area contributed by atoms with Crippen LogP contribution < -0.4 is 9.05 Å². The molecule has 5 nitrogen and oxygen atoms in total.